The van der Waals surface area contributed by atoms with Crippen molar-refractivity contribution in [2.45, 2.75) is 17.7 Å². The first-order valence-electron chi connectivity index (χ1n) is 8.37. The van der Waals surface area contributed by atoms with E-state index in [1.165, 1.54) is 42.3 Å². The fourth-order valence-corrected chi connectivity index (χ4v) is 4.80. The van der Waals surface area contributed by atoms with E-state index in [0.29, 0.717) is 17.3 Å². The summed E-state index contributed by atoms with van der Waals surface area (Å²) in [5, 5.41) is 3.77. The van der Waals surface area contributed by atoms with Gasteiger partial charge in [0.15, 0.2) is 0 Å². The van der Waals surface area contributed by atoms with Crippen LogP contribution in [0.1, 0.15) is 22.1 Å². The molecule has 0 fully saturated rings. The Bertz CT molecular complexity index is 1150. The molecule has 0 bridgehead atoms. The van der Waals surface area contributed by atoms with E-state index in [4.69, 9.17) is 4.42 Å². The molecule has 3 aromatic heterocycles. The van der Waals surface area contributed by atoms with Gasteiger partial charge in [0.05, 0.1) is 18.2 Å². The lowest BCUT2D eigenvalue weighted by Crippen LogP contribution is -1.98. The van der Waals surface area contributed by atoms with E-state index in [9.17, 15) is 9.18 Å². The SMILES string of the molecule is COC(=O)c1ccc(CSc2nc(C)nc3scc(-c4ccc(F)cc4)c23)o1. The van der Waals surface area contributed by atoms with Crippen LogP contribution in [0.15, 0.2) is 51.2 Å². The van der Waals surface area contributed by atoms with Gasteiger partial charge in [-0.1, -0.05) is 23.9 Å². The summed E-state index contributed by atoms with van der Waals surface area (Å²) >= 11 is 3.03. The van der Waals surface area contributed by atoms with Crippen molar-refractivity contribution in [1.82, 2.24) is 9.97 Å². The molecule has 5 nitrogen and oxygen atoms in total. The molecule has 4 aromatic rings. The molecule has 0 atom stereocenters. The van der Waals surface area contributed by atoms with E-state index in [2.05, 4.69) is 14.7 Å². The minimum absolute atomic E-state index is 0.171. The van der Waals surface area contributed by atoms with Crippen molar-refractivity contribution in [3.05, 3.63) is 64.9 Å². The number of hydrogen-bond donors (Lipinski definition) is 0. The summed E-state index contributed by atoms with van der Waals surface area (Å²) in [5.74, 6) is 1.22. The third kappa shape index (κ3) is 3.65. The molecule has 0 unspecified atom stereocenters. The number of nitrogens with zero attached hydrogens (tertiary/aromatic N) is 2. The van der Waals surface area contributed by atoms with Crippen LogP contribution in [0.5, 0.6) is 0 Å². The molecule has 1 aromatic carbocycles. The Morgan fingerprint density at radius 3 is 2.75 bits per heavy atom. The van der Waals surface area contributed by atoms with Crippen molar-refractivity contribution in [2.75, 3.05) is 7.11 Å². The van der Waals surface area contributed by atoms with E-state index < -0.39 is 5.97 Å². The first kappa shape index (κ1) is 18.6. The van der Waals surface area contributed by atoms with Gasteiger partial charge in [-0.05, 0) is 36.8 Å². The number of thioether (sulfide) groups is 1. The van der Waals surface area contributed by atoms with Crippen molar-refractivity contribution in [3.8, 4) is 11.1 Å². The Hall–Kier alpha value is -2.71. The molecule has 8 heteroatoms. The molecule has 0 radical (unpaired) electrons. The molecule has 0 saturated heterocycles. The van der Waals surface area contributed by atoms with Crippen molar-refractivity contribution in [2.24, 2.45) is 0 Å². The highest BCUT2D eigenvalue weighted by Gasteiger charge is 2.16. The molecule has 0 saturated carbocycles. The Labute approximate surface area is 168 Å². The number of carbonyl (C=O) groups is 1. The van der Waals surface area contributed by atoms with Crippen LogP contribution >= 0.6 is 23.1 Å². The molecule has 0 N–H and O–H groups in total. The van der Waals surface area contributed by atoms with Crippen molar-refractivity contribution in [1.29, 1.82) is 0 Å². The van der Waals surface area contributed by atoms with E-state index in [1.807, 2.05) is 12.3 Å². The van der Waals surface area contributed by atoms with Crippen LogP contribution in [0.2, 0.25) is 0 Å². The monoisotopic (exact) mass is 414 g/mol. The predicted molar refractivity (Wildman–Crippen MR) is 107 cm³/mol. The lowest BCUT2D eigenvalue weighted by Gasteiger charge is -2.06. The van der Waals surface area contributed by atoms with Crippen molar-refractivity contribution in [3.63, 3.8) is 0 Å². The topological polar surface area (TPSA) is 65.2 Å². The maximum absolute atomic E-state index is 13.3. The minimum atomic E-state index is -0.507. The number of fused-ring (bicyclic) bond motifs is 1. The number of furan rings is 1. The Balaban J connectivity index is 1.68. The van der Waals surface area contributed by atoms with Gasteiger partial charge in [-0.25, -0.2) is 19.2 Å². The average Bonchev–Trinajstić information content (AvgIpc) is 3.33. The van der Waals surface area contributed by atoms with Gasteiger partial charge in [0.2, 0.25) is 5.76 Å². The number of halogens is 1. The van der Waals surface area contributed by atoms with E-state index >= 15 is 0 Å². The quantitative estimate of drug-likeness (QED) is 0.245. The summed E-state index contributed by atoms with van der Waals surface area (Å²) in [6, 6.07) is 9.73. The predicted octanol–water partition coefficient (Wildman–Crippen LogP) is 5.48. The average molecular weight is 414 g/mol. The van der Waals surface area contributed by atoms with Crippen molar-refractivity contribution < 1.29 is 18.3 Å². The summed E-state index contributed by atoms with van der Waals surface area (Å²) in [7, 11) is 1.31. The minimum Gasteiger partial charge on any atom is -0.463 e. The second-order valence-corrected chi connectivity index (χ2v) is 7.78. The molecule has 0 aliphatic carbocycles. The third-order valence-electron chi connectivity index (χ3n) is 4.07. The van der Waals surface area contributed by atoms with Crippen molar-refractivity contribution >= 4 is 39.3 Å². The molecular weight excluding hydrogens is 399 g/mol. The summed E-state index contributed by atoms with van der Waals surface area (Å²) in [5.41, 5.74) is 1.88. The fourth-order valence-electron chi connectivity index (χ4n) is 2.76. The second kappa shape index (κ2) is 7.73. The van der Waals surface area contributed by atoms with E-state index in [0.717, 1.165) is 26.4 Å². The highest BCUT2D eigenvalue weighted by atomic mass is 32.2. The zero-order valence-corrected chi connectivity index (χ0v) is 16.7. The Kier molecular flexibility index (Phi) is 5.15. The van der Waals surface area contributed by atoms with Gasteiger partial charge in [0.1, 0.15) is 27.3 Å². The molecule has 142 valence electrons. The molecule has 4 rings (SSSR count). The van der Waals surface area contributed by atoms with Gasteiger partial charge in [-0.2, -0.15) is 0 Å². The molecule has 28 heavy (non-hydrogen) atoms. The van der Waals surface area contributed by atoms with Crippen LogP contribution < -0.4 is 0 Å². The molecule has 0 amide bonds. The molecule has 0 aliphatic rings. The lowest BCUT2D eigenvalue weighted by atomic mass is 10.1. The van der Waals surface area contributed by atoms with Gasteiger partial charge < -0.3 is 9.15 Å². The molecule has 0 spiro atoms. The first-order valence-corrected chi connectivity index (χ1v) is 10.2. The van der Waals surface area contributed by atoms with Crippen LogP contribution in [0, 0.1) is 12.7 Å². The number of benzene rings is 1. The summed E-state index contributed by atoms with van der Waals surface area (Å²) in [6.07, 6.45) is 0. The number of aromatic nitrogens is 2. The highest BCUT2D eigenvalue weighted by molar-refractivity contribution is 7.98. The van der Waals surface area contributed by atoms with Gasteiger partial charge >= 0.3 is 5.97 Å². The zero-order chi connectivity index (χ0) is 19.7. The fraction of sp³-hybridized carbons (Fsp3) is 0.150. The largest absolute Gasteiger partial charge is 0.463 e. The molecular formula is C20H15FN2O3S2. The van der Waals surface area contributed by atoms with E-state index in [1.54, 1.807) is 24.3 Å². The number of rotatable bonds is 5. The number of esters is 1. The van der Waals surface area contributed by atoms with Crippen LogP contribution in [-0.4, -0.2) is 23.0 Å². The normalized spacial score (nSPS) is 11.1. The maximum atomic E-state index is 13.3. The second-order valence-electron chi connectivity index (χ2n) is 5.96. The Morgan fingerprint density at radius 2 is 2.00 bits per heavy atom. The number of hydrogen-bond acceptors (Lipinski definition) is 7. The lowest BCUT2D eigenvalue weighted by molar-refractivity contribution is 0.0563. The van der Waals surface area contributed by atoms with E-state index in [-0.39, 0.29) is 11.6 Å². The number of aryl methyl sites for hydroxylation is 1. The van der Waals surface area contributed by atoms with Gasteiger partial charge in [-0.15, -0.1) is 11.3 Å². The van der Waals surface area contributed by atoms with Gasteiger partial charge in [0, 0.05) is 10.9 Å². The summed E-state index contributed by atoms with van der Waals surface area (Å²) < 4.78 is 23.5. The highest BCUT2D eigenvalue weighted by Crippen LogP contribution is 2.39. The number of ether oxygens (including phenoxy) is 1. The standard InChI is InChI=1S/C20H15FN2O3S2/c1-11-22-18(27-9-14-7-8-16(26-14)20(24)25-2)17-15(10-28-19(17)23-11)12-3-5-13(21)6-4-12/h3-8,10H,9H2,1-2H3. The third-order valence-corrected chi connectivity index (χ3v) is 5.94. The van der Waals surface area contributed by atoms with Crippen LogP contribution in [-0.2, 0) is 10.5 Å². The van der Waals surface area contributed by atoms with Gasteiger partial charge in [0.25, 0.3) is 0 Å². The number of methoxy groups -OCH3 is 1. The van der Waals surface area contributed by atoms with Crippen LogP contribution in [0.3, 0.4) is 0 Å². The zero-order valence-electron chi connectivity index (χ0n) is 15.1. The number of thiophene rings is 1. The van der Waals surface area contributed by atoms with Crippen LogP contribution in [0.25, 0.3) is 21.3 Å². The molecule has 0 aliphatic heterocycles. The van der Waals surface area contributed by atoms with Gasteiger partial charge in [-0.3, -0.25) is 0 Å². The first-order chi connectivity index (χ1) is 13.5. The number of carbonyl (C=O) groups excluding carboxylic acids is 1. The summed E-state index contributed by atoms with van der Waals surface area (Å²) in [6.45, 7) is 1.85. The molecule has 3 heterocycles. The van der Waals surface area contributed by atoms with Crippen LogP contribution in [0.4, 0.5) is 4.39 Å². The summed E-state index contributed by atoms with van der Waals surface area (Å²) in [4.78, 5) is 21.6. The Morgan fingerprint density at radius 1 is 1.21 bits per heavy atom. The smallest absolute Gasteiger partial charge is 0.373 e. The maximum Gasteiger partial charge on any atom is 0.373 e.